The minimum Gasteiger partial charge on any atom is -0.461 e. The Morgan fingerprint density at radius 2 is 1.79 bits per heavy atom. The fourth-order valence-electron chi connectivity index (χ4n) is 2.47. The molecular weight excluding hydrogens is 373 g/mol. The Bertz CT molecular complexity index is 621. The van der Waals surface area contributed by atoms with E-state index in [1.807, 2.05) is 51.1 Å². The number of benzene rings is 1. The molecule has 4 nitrogen and oxygen atoms in total. The number of carbonyl (C=O) groups excluding carboxylic acids is 1. The molecule has 7 heteroatoms. The van der Waals surface area contributed by atoms with Gasteiger partial charge in [-0.1, -0.05) is 42.5 Å². The van der Waals surface area contributed by atoms with E-state index < -0.39 is 35.9 Å². The van der Waals surface area contributed by atoms with Crippen LogP contribution in [0.4, 0.5) is 13.2 Å². The predicted octanol–water partition coefficient (Wildman–Crippen LogP) is 4.81. The number of aliphatic hydroxyl groups is 1. The van der Waals surface area contributed by atoms with Crippen molar-refractivity contribution in [1.82, 2.24) is 0 Å². The van der Waals surface area contributed by atoms with Crippen LogP contribution in [0.1, 0.15) is 46.1 Å². The van der Waals surface area contributed by atoms with Gasteiger partial charge >= 0.3 is 12.1 Å². The molecule has 0 saturated carbocycles. The third kappa shape index (κ3) is 9.37. The van der Waals surface area contributed by atoms with E-state index in [0.29, 0.717) is 12.5 Å². The Hall–Kier alpha value is -1.86. The summed E-state index contributed by atoms with van der Waals surface area (Å²) in [5.41, 5.74) is 0.328. The monoisotopic (exact) mass is 402 g/mol. The van der Waals surface area contributed by atoms with Gasteiger partial charge in [0.2, 0.25) is 0 Å². The summed E-state index contributed by atoms with van der Waals surface area (Å²) in [4.78, 5) is 12.4. The van der Waals surface area contributed by atoms with Gasteiger partial charge in [0.1, 0.15) is 6.61 Å². The van der Waals surface area contributed by atoms with Gasteiger partial charge in [0.05, 0.1) is 17.6 Å². The highest BCUT2D eigenvalue weighted by atomic mass is 19.4. The third-order valence-electron chi connectivity index (χ3n) is 3.93. The minimum absolute atomic E-state index is 0.143. The molecule has 0 bridgehead atoms. The van der Waals surface area contributed by atoms with E-state index in [1.54, 1.807) is 6.92 Å². The lowest BCUT2D eigenvalue weighted by molar-refractivity contribution is -0.187. The predicted molar refractivity (Wildman–Crippen MR) is 100 cm³/mol. The number of allylic oxidation sites excluding steroid dienone is 1. The molecular formula is C21H29F3O4. The van der Waals surface area contributed by atoms with Gasteiger partial charge in [-0.15, -0.1) is 0 Å². The molecule has 0 aliphatic heterocycles. The SMILES string of the molecule is C[C@@H](C(=O)OCc1ccccc1)[C@@H](CC/C=C/C(O)C(F)(F)F)OC(C)(C)C. The highest BCUT2D eigenvalue weighted by Gasteiger charge is 2.36. The number of carbonyl (C=O) groups is 1. The quantitative estimate of drug-likeness (QED) is 0.476. The Kier molecular flexibility index (Phi) is 9.17. The number of aliphatic hydroxyl groups excluding tert-OH is 1. The molecule has 0 fully saturated rings. The number of rotatable bonds is 9. The zero-order valence-electron chi connectivity index (χ0n) is 16.7. The molecule has 1 aromatic rings. The molecule has 0 aliphatic carbocycles. The zero-order chi connectivity index (χ0) is 21.4. The van der Waals surface area contributed by atoms with E-state index in [0.717, 1.165) is 5.56 Å². The normalized spacial score (nSPS) is 16.0. The summed E-state index contributed by atoms with van der Waals surface area (Å²) in [6, 6.07) is 9.25. The summed E-state index contributed by atoms with van der Waals surface area (Å²) in [7, 11) is 0. The smallest absolute Gasteiger partial charge is 0.417 e. The fraction of sp³-hybridized carbons (Fsp3) is 0.571. The number of halogens is 3. The van der Waals surface area contributed by atoms with E-state index >= 15 is 0 Å². The molecule has 1 N–H and O–H groups in total. The maximum Gasteiger partial charge on any atom is 0.417 e. The van der Waals surface area contributed by atoms with Crippen LogP contribution in [-0.4, -0.2) is 35.1 Å². The molecule has 0 aromatic heterocycles. The molecule has 0 radical (unpaired) electrons. The molecule has 0 spiro atoms. The highest BCUT2D eigenvalue weighted by molar-refractivity contribution is 5.72. The maximum atomic E-state index is 12.4. The summed E-state index contributed by atoms with van der Waals surface area (Å²) in [5.74, 6) is -1.03. The van der Waals surface area contributed by atoms with E-state index in [9.17, 15) is 18.0 Å². The lowest BCUT2D eigenvalue weighted by Gasteiger charge is -2.30. The summed E-state index contributed by atoms with van der Waals surface area (Å²) in [5, 5.41) is 9.00. The molecule has 1 unspecified atom stereocenters. The van der Waals surface area contributed by atoms with Crippen LogP contribution in [0, 0.1) is 5.92 Å². The van der Waals surface area contributed by atoms with Crippen molar-refractivity contribution in [2.24, 2.45) is 5.92 Å². The molecule has 0 heterocycles. The second-order valence-corrected chi connectivity index (χ2v) is 7.64. The van der Waals surface area contributed by atoms with Crippen molar-refractivity contribution in [1.29, 1.82) is 0 Å². The number of ether oxygens (including phenoxy) is 2. The maximum absolute atomic E-state index is 12.4. The van der Waals surface area contributed by atoms with Gasteiger partial charge in [0, 0.05) is 0 Å². The number of alkyl halides is 3. The van der Waals surface area contributed by atoms with Crippen molar-refractivity contribution in [2.75, 3.05) is 0 Å². The average molecular weight is 402 g/mol. The van der Waals surface area contributed by atoms with Gasteiger partial charge in [-0.3, -0.25) is 4.79 Å². The Balaban J connectivity index is 2.66. The lowest BCUT2D eigenvalue weighted by Crippen LogP contribution is -2.36. The zero-order valence-corrected chi connectivity index (χ0v) is 16.7. The van der Waals surface area contributed by atoms with Crippen LogP contribution >= 0.6 is 0 Å². The second kappa shape index (κ2) is 10.6. The van der Waals surface area contributed by atoms with Crippen molar-refractivity contribution in [2.45, 2.75) is 71.1 Å². The lowest BCUT2D eigenvalue weighted by atomic mass is 9.98. The van der Waals surface area contributed by atoms with Gasteiger partial charge in [-0.2, -0.15) is 13.2 Å². The Labute approximate surface area is 164 Å². The van der Waals surface area contributed by atoms with Crippen molar-refractivity contribution in [3.8, 4) is 0 Å². The molecule has 3 atom stereocenters. The van der Waals surface area contributed by atoms with Crippen molar-refractivity contribution in [3.63, 3.8) is 0 Å². The first-order valence-electron chi connectivity index (χ1n) is 9.20. The van der Waals surface area contributed by atoms with Gasteiger partial charge in [-0.25, -0.2) is 0 Å². The largest absolute Gasteiger partial charge is 0.461 e. The molecule has 1 rings (SSSR count). The molecule has 0 aliphatic rings. The molecule has 158 valence electrons. The molecule has 0 saturated heterocycles. The summed E-state index contributed by atoms with van der Waals surface area (Å²) >= 11 is 0. The summed E-state index contributed by atoms with van der Waals surface area (Å²) in [6.07, 6.45) is -5.22. The highest BCUT2D eigenvalue weighted by Crippen LogP contribution is 2.24. The standard InChI is InChI=1S/C21H29F3O4/c1-15(19(26)27-14-16-10-6-5-7-11-16)17(28-20(2,3)4)12-8-9-13-18(25)21(22,23)24/h5-7,9-11,13,15,17-18,25H,8,12,14H2,1-4H3/b13-9+/t15-,17-,18?/m1/s1. The summed E-state index contributed by atoms with van der Waals surface area (Å²) in [6.45, 7) is 7.34. The van der Waals surface area contributed by atoms with E-state index in [-0.39, 0.29) is 13.0 Å². The van der Waals surface area contributed by atoms with Crippen LogP contribution in [0.25, 0.3) is 0 Å². The van der Waals surface area contributed by atoms with Gasteiger partial charge in [0.15, 0.2) is 6.10 Å². The van der Waals surface area contributed by atoms with Crippen LogP contribution < -0.4 is 0 Å². The summed E-state index contributed by atoms with van der Waals surface area (Å²) < 4.78 is 48.3. The molecule has 1 aromatic carbocycles. The van der Waals surface area contributed by atoms with Crippen LogP contribution in [0.5, 0.6) is 0 Å². The fourth-order valence-corrected chi connectivity index (χ4v) is 2.47. The average Bonchev–Trinajstić information content (AvgIpc) is 2.60. The first kappa shape index (κ1) is 24.2. The van der Waals surface area contributed by atoms with Crippen LogP contribution in [0.15, 0.2) is 42.5 Å². The first-order valence-corrected chi connectivity index (χ1v) is 9.20. The van der Waals surface area contributed by atoms with Crippen LogP contribution in [0.3, 0.4) is 0 Å². The van der Waals surface area contributed by atoms with E-state index in [2.05, 4.69) is 0 Å². The van der Waals surface area contributed by atoms with Crippen molar-refractivity contribution in [3.05, 3.63) is 48.0 Å². The second-order valence-electron chi connectivity index (χ2n) is 7.64. The van der Waals surface area contributed by atoms with Gasteiger partial charge < -0.3 is 14.6 Å². The van der Waals surface area contributed by atoms with E-state index in [4.69, 9.17) is 14.6 Å². The Morgan fingerprint density at radius 1 is 1.18 bits per heavy atom. The Morgan fingerprint density at radius 3 is 2.32 bits per heavy atom. The van der Waals surface area contributed by atoms with Crippen molar-refractivity contribution < 1.29 is 32.5 Å². The minimum atomic E-state index is -4.69. The van der Waals surface area contributed by atoms with Gasteiger partial charge in [0.25, 0.3) is 0 Å². The molecule has 28 heavy (non-hydrogen) atoms. The van der Waals surface area contributed by atoms with Gasteiger partial charge in [-0.05, 0) is 46.1 Å². The number of hydrogen-bond acceptors (Lipinski definition) is 4. The first-order chi connectivity index (χ1) is 12.9. The van der Waals surface area contributed by atoms with Crippen LogP contribution in [-0.2, 0) is 20.9 Å². The molecule has 0 amide bonds. The number of hydrogen-bond donors (Lipinski definition) is 1. The topological polar surface area (TPSA) is 55.8 Å². The number of esters is 1. The van der Waals surface area contributed by atoms with Crippen LogP contribution in [0.2, 0.25) is 0 Å². The third-order valence-corrected chi connectivity index (χ3v) is 3.93. The van der Waals surface area contributed by atoms with Crippen molar-refractivity contribution >= 4 is 5.97 Å². The van der Waals surface area contributed by atoms with E-state index in [1.165, 1.54) is 6.08 Å².